The van der Waals surface area contributed by atoms with Crippen LogP contribution in [0.4, 0.5) is 0 Å². The fourth-order valence-corrected chi connectivity index (χ4v) is 3.56. The van der Waals surface area contributed by atoms with Crippen molar-refractivity contribution >= 4 is 5.91 Å². The van der Waals surface area contributed by atoms with Crippen molar-refractivity contribution in [2.24, 2.45) is 0 Å². The highest BCUT2D eigenvalue weighted by Gasteiger charge is 2.28. The third kappa shape index (κ3) is 3.95. The molecule has 2 heterocycles. The van der Waals surface area contributed by atoms with E-state index in [0.717, 1.165) is 25.0 Å². The second-order valence-electron chi connectivity index (χ2n) is 6.87. The van der Waals surface area contributed by atoms with E-state index in [1.807, 2.05) is 42.5 Å². The van der Waals surface area contributed by atoms with Crippen LogP contribution in [-0.2, 0) is 17.6 Å². The highest BCUT2D eigenvalue weighted by molar-refractivity contribution is 5.83. The van der Waals surface area contributed by atoms with E-state index in [9.17, 15) is 9.90 Å². The Morgan fingerprint density at radius 2 is 1.63 bits per heavy atom. The van der Waals surface area contributed by atoms with Crippen LogP contribution in [0.2, 0.25) is 0 Å². The normalized spacial score (nSPS) is 16.4. The molecule has 2 aromatic carbocycles. The number of hydrogen-bond donors (Lipinski definition) is 2. The summed E-state index contributed by atoms with van der Waals surface area (Å²) < 4.78 is 0. The molecule has 0 aromatic heterocycles. The topological polar surface area (TPSA) is 52.6 Å². The number of amides is 1. The fourth-order valence-electron chi connectivity index (χ4n) is 3.56. The lowest BCUT2D eigenvalue weighted by Crippen LogP contribution is -2.37. The number of fused-ring (bicyclic) bond motifs is 1. The SMILES string of the molecule is O=C1CC(O)=C2C(=CC(Cc3ccccc3)=CN2CCc2ccccc2)N1. The summed E-state index contributed by atoms with van der Waals surface area (Å²) in [6.45, 7) is 0.731. The summed E-state index contributed by atoms with van der Waals surface area (Å²) in [5, 5.41) is 13.3. The minimum Gasteiger partial charge on any atom is -0.510 e. The van der Waals surface area contributed by atoms with Crippen LogP contribution in [0.15, 0.2) is 95.7 Å². The Bertz CT molecular complexity index is 927. The standard InChI is InChI=1S/C23H22N2O2/c26-21-15-22(27)24-20-14-19(13-18-9-5-2-6-10-18)16-25(23(20)21)12-11-17-7-3-1-4-8-17/h1-10,14,16,26H,11-13,15H2,(H,24,27). The van der Waals surface area contributed by atoms with Crippen LogP contribution in [0.1, 0.15) is 17.5 Å². The quantitative estimate of drug-likeness (QED) is 0.854. The zero-order valence-electron chi connectivity index (χ0n) is 15.1. The summed E-state index contributed by atoms with van der Waals surface area (Å²) in [4.78, 5) is 14.0. The molecule has 0 fully saturated rings. The van der Waals surface area contributed by atoms with Gasteiger partial charge in [0.25, 0.3) is 0 Å². The molecule has 27 heavy (non-hydrogen) atoms. The van der Waals surface area contributed by atoms with Crippen LogP contribution < -0.4 is 5.32 Å². The van der Waals surface area contributed by atoms with Gasteiger partial charge in [-0.3, -0.25) is 4.79 Å². The van der Waals surface area contributed by atoms with E-state index in [1.54, 1.807) is 0 Å². The van der Waals surface area contributed by atoms with Gasteiger partial charge in [0.2, 0.25) is 5.91 Å². The molecule has 0 aliphatic carbocycles. The zero-order valence-corrected chi connectivity index (χ0v) is 15.1. The molecule has 4 heteroatoms. The van der Waals surface area contributed by atoms with Crippen molar-refractivity contribution in [3.05, 3.63) is 107 Å². The molecule has 0 radical (unpaired) electrons. The molecule has 0 atom stereocenters. The number of hydrogen-bond acceptors (Lipinski definition) is 3. The number of nitrogens with zero attached hydrogens (tertiary/aromatic N) is 1. The van der Waals surface area contributed by atoms with E-state index in [-0.39, 0.29) is 18.1 Å². The maximum Gasteiger partial charge on any atom is 0.232 e. The van der Waals surface area contributed by atoms with Crippen molar-refractivity contribution in [3.8, 4) is 0 Å². The van der Waals surface area contributed by atoms with Crippen LogP contribution in [-0.4, -0.2) is 22.5 Å². The van der Waals surface area contributed by atoms with Gasteiger partial charge in [0, 0.05) is 12.7 Å². The number of carbonyl (C=O) groups is 1. The molecule has 1 amide bonds. The molecule has 2 N–H and O–H groups in total. The Morgan fingerprint density at radius 3 is 2.33 bits per heavy atom. The lowest BCUT2D eigenvalue weighted by molar-refractivity contribution is -0.120. The number of aliphatic hydroxyl groups is 1. The summed E-state index contributed by atoms with van der Waals surface area (Å²) in [6, 6.07) is 20.5. The first-order chi connectivity index (χ1) is 13.2. The van der Waals surface area contributed by atoms with Gasteiger partial charge in [-0.05, 0) is 35.6 Å². The van der Waals surface area contributed by atoms with Crippen molar-refractivity contribution in [2.75, 3.05) is 6.54 Å². The minimum absolute atomic E-state index is 0.0242. The molecule has 0 spiro atoms. The first-order valence-corrected chi connectivity index (χ1v) is 9.18. The fraction of sp³-hybridized carbons (Fsp3) is 0.174. The predicted octanol–water partition coefficient (Wildman–Crippen LogP) is 3.84. The predicted molar refractivity (Wildman–Crippen MR) is 106 cm³/mol. The minimum atomic E-state index is -0.175. The smallest absolute Gasteiger partial charge is 0.232 e. The van der Waals surface area contributed by atoms with Gasteiger partial charge in [-0.2, -0.15) is 0 Å². The summed E-state index contributed by atoms with van der Waals surface area (Å²) in [7, 11) is 0. The maximum atomic E-state index is 11.9. The molecule has 0 saturated heterocycles. The van der Waals surface area contributed by atoms with Gasteiger partial charge in [0.15, 0.2) is 0 Å². The first-order valence-electron chi connectivity index (χ1n) is 9.18. The van der Waals surface area contributed by atoms with E-state index >= 15 is 0 Å². The van der Waals surface area contributed by atoms with Crippen molar-refractivity contribution < 1.29 is 9.90 Å². The Labute approximate surface area is 159 Å². The van der Waals surface area contributed by atoms with Gasteiger partial charge < -0.3 is 15.3 Å². The number of rotatable bonds is 5. The third-order valence-corrected chi connectivity index (χ3v) is 4.80. The van der Waals surface area contributed by atoms with E-state index in [4.69, 9.17) is 0 Å². The molecule has 0 unspecified atom stereocenters. The van der Waals surface area contributed by atoms with Gasteiger partial charge in [-0.15, -0.1) is 0 Å². The molecule has 136 valence electrons. The largest absolute Gasteiger partial charge is 0.510 e. The number of aliphatic hydroxyl groups excluding tert-OH is 1. The monoisotopic (exact) mass is 358 g/mol. The number of allylic oxidation sites excluding steroid dienone is 2. The molecule has 2 aromatic rings. The number of benzene rings is 2. The summed E-state index contributed by atoms with van der Waals surface area (Å²) in [6.07, 6.45) is 5.71. The van der Waals surface area contributed by atoms with Crippen molar-refractivity contribution in [1.29, 1.82) is 0 Å². The Morgan fingerprint density at radius 1 is 0.963 bits per heavy atom. The lowest BCUT2D eigenvalue weighted by atomic mass is 9.98. The molecular formula is C23H22N2O2. The molecule has 4 rings (SSSR count). The Kier molecular flexibility index (Phi) is 4.79. The highest BCUT2D eigenvalue weighted by atomic mass is 16.3. The summed E-state index contributed by atoms with van der Waals surface area (Å²) in [5.74, 6) is -0.0421. The van der Waals surface area contributed by atoms with Crippen LogP contribution in [0.3, 0.4) is 0 Å². The second kappa shape index (κ2) is 7.54. The van der Waals surface area contributed by atoms with Crippen LogP contribution in [0.25, 0.3) is 0 Å². The summed E-state index contributed by atoms with van der Waals surface area (Å²) >= 11 is 0. The van der Waals surface area contributed by atoms with Crippen LogP contribution in [0.5, 0.6) is 0 Å². The zero-order chi connectivity index (χ0) is 18.6. The highest BCUT2D eigenvalue weighted by Crippen LogP contribution is 2.30. The molecule has 0 bridgehead atoms. The molecule has 4 nitrogen and oxygen atoms in total. The second-order valence-corrected chi connectivity index (χ2v) is 6.87. The number of nitrogens with one attached hydrogen (secondary N) is 1. The van der Waals surface area contributed by atoms with Gasteiger partial charge in [0.05, 0.1) is 12.1 Å². The van der Waals surface area contributed by atoms with E-state index in [1.165, 1.54) is 11.1 Å². The van der Waals surface area contributed by atoms with Crippen molar-refractivity contribution in [1.82, 2.24) is 10.2 Å². The van der Waals surface area contributed by atoms with Gasteiger partial charge in [-0.25, -0.2) is 0 Å². The van der Waals surface area contributed by atoms with Crippen molar-refractivity contribution in [2.45, 2.75) is 19.3 Å². The van der Waals surface area contributed by atoms with Gasteiger partial charge >= 0.3 is 0 Å². The molecule has 0 saturated carbocycles. The first kappa shape index (κ1) is 17.2. The van der Waals surface area contributed by atoms with E-state index in [2.05, 4.69) is 40.7 Å². The average molecular weight is 358 g/mol. The number of carbonyl (C=O) groups excluding carboxylic acids is 1. The summed E-state index contributed by atoms with van der Waals surface area (Å²) in [5.41, 5.74) is 4.95. The average Bonchev–Trinajstić information content (AvgIpc) is 2.67. The van der Waals surface area contributed by atoms with Gasteiger partial charge in [0.1, 0.15) is 11.5 Å². The van der Waals surface area contributed by atoms with Gasteiger partial charge in [-0.1, -0.05) is 60.7 Å². The Balaban J connectivity index is 1.62. The molecule has 2 aliphatic rings. The molecule has 2 aliphatic heterocycles. The maximum absolute atomic E-state index is 11.9. The third-order valence-electron chi connectivity index (χ3n) is 4.80. The van der Waals surface area contributed by atoms with Crippen molar-refractivity contribution in [3.63, 3.8) is 0 Å². The lowest BCUT2D eigenvalue weighted by Gasteiger charge is -2.33. The van der Waals surface area contributed by atoms with E-state index < -0.39 is 0 Å². The van der Waals surface area contributed by atoms with Crippen LogP contribution in [0, 0.1) is 0 Å². The Hall–Kier alpha value is -3.27. The molecular weight excluding hydrogens is 336 g/mol. The van der Waals surface area contributed by atoms with Crippen LogP contribution >= 0.6 is 0 Å². The van der Waals surface area contributed by atoms with E-state index in [0.29, 0.717) is 11.4 Å².